The number of alkyl halides is 2. The molecular weight excluding hydrogens is 328 g/mol. The molecule has 2 heterocycles. The summed E-state index contributed by atoms with van der Waals surface area (Å²) >= 11 is 0. The van der Waals surface area contributed by atoms with E-state index in [1.54, 1.807) is 0 Å². The van der Waals surface area contributed by atoms with Gasteiger partial charge < -0.3 is 25.2 Å². The molecule has 9 nitrogen and oxygen atoms in total. The SMILES string of the molecule is COC(O)(O)/C(C)=N/n1c(C)nc(C(F)F)c1CN1CCNC1=O. The zero-order valence-corrected chi connectivity index (χ0v) is 13.5. The number of nitrogens with one attached hydrogen (secondary N) is 1. The van der Waals surface area contributed by atoms with E-state index in [4.69, 9.17) is 0 Å². The molecule has 24 heavy (non-hydrogen) atoms. The lowest BCUT2D eigenvalue weighted by atomic mass is 10.3. The van der Waals surface area contributed by atoms with Crippen molar-refractivity contribution in [3.63, 3.8) is 0 Å². The number of amides is 2. The maximum absolute atomic E-state index is 13.3. The molecule has 2 rings (SSSR count). The highest BCUT2D eigenvalue weighted by molar-refractivity contribution is 5.87. The zero-order chi connectivity index (χ0) is 18.1. The van der Waals surface area contributed by atoms with E-state index >= 15 is 0 Å². The molecule has 1 aliphatic rings. The third kappa shape index (κ3) is 3.52. The van der Waals surface area contributed by atoms with Crippen LogP contribution in [-0.4, -0.2) is 62.7 Å². The molecule has 2 amide bonds. The molecule has 1 aromatic rings. The molecular formula is C13H19F2N5O4. The minimum Gasteiger partial charge on any atom is -0.339 e. The van der Waals surface area contributed by atoms with Gasteiger partial charge in [-0.2, -0.15) is 5.10 Å². The summed E-state index contributed by atoms with van der Waals surface area (Å²) < 4.78 is 32.1. The number of aryl methyl sites for hydroxylation is 1. The Bertz CT molecular complexity index is 659. The Morgan fingerprint density at radius 3 is 2.71 bits per heavy atom. The fourth-order valence-corrected chi connectivity index (χ4v) is 2.25. The topological polar surface area (TPSA) is 112 Å². The standard InChI is InChI=1S/C13H19F2N5O4/c1-7(13(22,23)24-3)18-20-8(2)17-10(11(14)15)9(20)6-19-5-4-16-12(19)21/h11,22-23H,4-6H2,1-3H3,(H,16,21)/b18-7+. The minimum absolute atomic E-state index is 0.00852. The summed E-state index contributed by atoms with van der Waals surface area (Å²) in [5.41, 5.74) is -0.799. The fourth-order valence-electron chi connectivity index (χ4n) is 2.25. The van der Waals surface area contributed by atoms with Crippen molar-refractivity contribution in [2.24, 2.45) is 5.10 Å². The number of halogens is 2. The van der Waals surface area contributed by atoms with Gasteiger partial charge in [-0.15, -0.1) is 0 Å². The highest BCUT2D eigenvalue weighted by Crippen LogP contribution is 2.25. The predicted molar refractivity (Wildman–Crippen MR) is 78.4 cm³/mol. The van der Waals surface area contributed by atoms with E-state index in [0.717, 1.165) is 11.8 Å². The van der Waals surface area contributed by atoms with E-state index in [9.17, 15) is 23.8 Å². The van der Waals surface area contributed by atoms with E-state index in [-0.39, 0.29) is 29.8 Å². The highest BCUT2D eigenvalue weighted by atomic mass is 19.3. The number of imidazole rings is 1. The summed E-state index contributed by atoms with van der Waals surface area (Å²) in [6.45, 7) is 3.34. The third-order valence-electron chi connectivity index (χ3n) is 3.64. The van der Waals surface area contributed by atoms with Crippen LogP contribution in [-0.2, 0) is 11.3 Å². The molecule has 1 aromatic heterocycles. The average Bonchev–Trinajstić information content (AvgIpc) is 3.05. The Morgan fingerprint density at radius 2 is 2.21 bits per heavy atom. The number of hydrogen-bond donors (Lipinski definition) is 3. The molecule has 1 fully saturated rings. The Morgan fingerprint density at radius 1 is 1.54 bits per heavy atom. The largest absolute Gasteiger partial charge is 0.339 e. The van der Waals surface area contributed by atoms with E-state index in [1.165, 1.54) is 18.7 Å². The van der Waals surface area contributed by atoms with Gasteiger partial charge in [0.15, 0.2) is 0 Å². The first kappa shape index (κ1) is 18.2. The second-order valence-corrected chi connectivity index (χ2v) is 5.25. The first-order chi connectivity index (χ1) is 11.2. The van der Waals surface area contributed by atoms with Crippen molar-refractivity contribution in [2.45, 2.75) is 32.8 Å². The second kappa shape index (κ2) is 6.79. The summed E-state index contributed by atoms with van der Waals surface area (Å²) in [5, 5.41) is 25.7. The Labute approximate surface area is 136 Å². The molecule has 1 saturated heterocycles. The maximum Gasteiger partial charge on any atom is 0.322 e. The van der Waals surface area contributed by atoms with E-state index in [1.807, 2.05) is 0 Å². The van der Waals surface area contributed by atoms with Crippen LogP contribution in [0.3, 0.4) is 0 Å². The summed E-state index contributed by atoms with van der Waals surface area (Å²) in [5.74, 6) is -2.53. The van der Waals surface area contributed by atoms with Crippen molar-refractivity contribution >= 4 is 11.7 Å². The number of aromatic nitrogens is 2. The molecule has 1 aliphatic heterocycles. The fraction of sp³-hybridized carbons (Fsp3) is 0.615. The second-order valence-electron chi connectivity index (χ2n) is 5.25. The van der Waals surface area contributed by atoms with Gasteiger partial charge in [0, 0.05) is 20.2 Å². The molecule has 3 N–H and O–H groups in total. The van der Waals surface area contributed by atoms with E-state index in [0.29, 0.717) is 13.1 Å². The number of aliphatic hydroxyl groups is 2. The van der Waals surface area contributed by atoms with Crippen LogP contribution in [0.2, 0.25) is 0 Å². The van der Waals surface area contributed by atoms with Crippen LogP contribution in [0.1, 0.15) is 30.6 Å². The smallest absolute Gasteiger partial charge is 0.322 e. The monoisotopic (exact) mass is 347 g/mol. The molecule has 0 radical (unpaired) electrons. The predicted octanol–water partition coefficient (Wildman–Crippen LogP) is 0.163. The summed E-state index contributed by atoms with van der Waals surface area (Å²) in [6, 6.07) is -0.378. The summed E-state index contributed by atoms with van der Waals surface area (Å²) in [4.78, 5) is 16.8. The van der Waals surface area contributed by atoms with Gasteiger partial charge in [-0.05, 0) is 13.8 Å². The lowest BCUT2D eigenvalue weighted by Crippen LogP contribution is -2.39. The highest BCUT2D eigenvalue weighted by Gasteiger charge is 2.30. The maximum atomic E-state index is 13.3. The van der Waals surface area contributed by atoms with Crippen molar-refractivity contribution in [3.8, 4) is 0 Å². The summed E-state index contributed by atoms with van der Waals surface area (Å²) in [6.07, 6.45) is -2.86. The van der Waals surface area contributed by atoms with Gasteiger partial charge in [0.1, 0.15) is 17.2 Å². The molecule has 0 aromatic carbocycles. The molecule has 134 valence electrons. The molecule has 0 unspecified atom stereocenters. The van der Waals surface area contributed by atoms with Crippen molar-refractivity contribution in [1.29, 1.82) is 0 Å². The molecule has 0 bridgehead atoms. The number of ether oxygens (including phenoxy) is 1. The van der Waals surface area contributed by atoms with Crippen molar-refractivity contribution < 1.29 is 28.5 Å². The van der Waals surface area contributed by atoms with E-state index in [2.05, 4.69) is 20.1 Å². The number of carbonyl (C=O) groups excluding carboxylic acids is 1. The van der Waals surface area contributed by atoms with Gasteiger partial charge in [-0.1, -0.05) is 0 Å². The third-order valence-corrected chi connectivity index (χ3v) is 3.64. The number of methoxy groups -OCH3 is 1. The minimum atomic E-state index is -2.86. The molecule has 0 atom stereocenters. The van der Waals surface area contributed by atoms with Crippen LogP contribution in [0.15, 0.2) is 5.10 Å². The molecule has 0 aliphatic carbocycles. The Kier molecular flexibility index (Phi) is 5.16. The van der Waals surface area contributed by atoms with Crippen LogP contribution in [0.4, 0.5) is 13.6 Å². The van der Waals surface area contributed by atoms with Gasteiger partial charge in [0.05, 0.1) is 12.2 Å². The number of nitrogens with zero attached hydrogens (tertiary/aromatic N) is 4. The molecule has 0 saturated carbocycles. The van der Waals surface area contributed by atoms with Gasteiger partial charge >= 0.3 is 12.0 Å². The van der Waals surface area contributed by atoms with Gasteiger partial charge in [0.2, 0.25) is 0 Å². The molecule has 11 heteroatoms. The van der Waals surface area contributed by atoms with Crippen LogP contribution in [0.5, 0.6) is 0 Å². The van der Waals surface area contributed by atoms with Crippen LogP contribution in [0.25, 0.3) is 0 Å². The summed E-state index contributed by atoms with van der Waals surface area (Å²) in [7, 11) is 1.06. The number of rotatable bonds is 6. The lowest BCUT2D eigenvalue weighted by Gasteiger charge is -2.20. The zero-order valence-electron chi connectivity index (χ0n) is 13.5. The van der Waals surface area contributed by atoms with Gasteiger partial charge in [-0.3, -0.25) is 0 Å². The van der Waals surface area contributed by atoms with Crippen molar-refractivity contribution in [1.82, 2.24) is 19.9 Å². The lowest BCUT2D eigenvalue weighted by molar-refractivity contribution is -0.273. The van der Waals surface area contributed by atoms with Crippen molar-refractivity contribution in [3.05, 3.63) is 17.2 Å². The average molecular weight is 347 g/mol. The van der Waals surface area contributed by atoms with Crippen LogP contribution < -0.4 is 5.32 Å². The Balaban J connectivity index is 2.47. The number of hydrogen-bond acceptors (Lipinski definition) is 6. The van der Waals surface area contributed by atoms with Crippen LogP contribution in [0, 0.1) is 6.92 Å². The van der Waals surface area contributed by atoms with Crippen LogP contribution >= 0.6 is 0 Å². The number of carbonyl (C=O) groups is 1. The number of urea groups is 1. The Hall–Kier alpha value is -2.11. The quantitative estimate of drug-likeness (QED) is 0.501. The van der Waals surface area contributed by atoms with Gasteiger partial charge in [-0.25, -0.2) is 23.2 Å². The first-order valence-electron chi connectivity index (χ1n) is 7.12. The molecule has 0 spiro atoms. The van der Waals surface area contributed by atoms with Crippen molar-refractivity contribution in [2.75, 3.05) is 20.2 Å². The van der Waals surface area contributed by atoms with E-state index < -0.39 is 18.1 Å². The normalized spacial score (nSPS) is 16.2. The first-order valence-corrected chi connectivity index (χ1v) is 7.12. The van der Waals surface area contributed by atoms with Gasteiger partial charge in [0.25, 0.3) is 6.43 Å².